The second-order valence-corrected chi connectivity index (χ2v) is 5.15. The van der Waals surface area contributed by atoms with Gasteiger partial charge in [-0.25, -0.2) is 0 Å². The lowest BCUT2D eigenvalue weighted by Crippen LogP contribution is -2.03. The van der Waals surface area contributed by atoms with Gasteiger partial charge in [-0.15, -0.1) is 0 Å². The molecule has 0 rings (SSSR count). The van der Waals surface area contributed by atoms with Crippen LogP contribution in [0.3, 0.4) is 0 Å². The molecule has 0 saturated heterocycles. The van der Waals surface area contributed by atoms with Crippen molar-refractivity contribution < 1.29 is 0 Å². The third kappa shape index (κ3) is 6.70. The Bertz CT molecular complexity index is 44.5. The number of hydrogen-bond acceptors (Lipinski definition) is 2. The van der Waals surface area contributed by atoms with Gasteiger partial charge in [-0.05, 0) is 0 Å². The summed E-state index contributed by atoms with van der Waals surface area (Å²) in [6.45, 7) is 6.53. The average Bonchev–Trinajstić information content (AvgIpc) is 1.30. The Balaban J connectivity index is 3.15. The molecule has 0 aliphatic carbocycles. The van der Waals surface area contributed by atoms with E-state index in [1.807, 2.05) is 0 Å². The molecule has 0 atom stereocenters. The molecular formula is C5H11S2. The number of hydrogen-bond donors (Lipinski definition) is 0. The summed E-state index contributed by atoms with van der Waals surface area (Å²) in [6, 6.07) is 0. The van der Waals surface area contributed by atoms with Gasteiger partial charge in [0, 0.05) is 11.0 Å². The molecule has 0 bridgehead atoms. The monoisotopic (exact) mass is 135 g/mol. The molecule has 0 aliphatic heterocycles. The Hall–Kier alpha value is 0.700. The SMILES string of the molecule is [CH2]SSC(C)(C)C. The van der Waals surface area contributed by atoms with Crippen molar-refractivity contribution in [3.05, 3.63) is 6.26 Å². The second kappa shape index (κ2) is 2.88. The quantitative estimate of drug-likeness (QED) is 0.507. The molecule has 0 aliphatic rings. The lowest BCUT2D eigenvalue weighted by atomic mass is 10.3. The van der Waals surface area contributed by atoms with Crippen LogP contribution in [0.4, 0.5) is 0 Å². The first kappa shape index (κ1) is 7.70. The van der Waals surface area contributed by atoms with Crippen LogP contribution in [0.5, 0.6) is 0 Å². The van der Waals surface area contributed by atoms with Crippen LogP contribution in [0.2, 0.25) is 0 Å². The summed E-state index contributed by atoms with van der Waals surface area (Å²) < 4.78 is 0.367. The Morgan fingerprint density at radius 3 is 1.71 bits per heavy atom. The standard InChI is InChI=1S/C5H11S2/c1-5(2,3)7-6-4/h4H2,1-3H3. The van der Waals surface area contributed by atoms with E-state index >= 15 is 0 Å². The van der Waals surface area contributed by atoms with E-state index in [9.17, 15) is 0 Å². The Morgan fingerprint density at radius 1 is 1.29 bits per heavy atom. The normalized spacial score (nSPS) is 12.0. The zero-order chi connectivity index (χ0) is 5.91. The van der Waals surface area contributed by atoms with Gasteiger partial charge in [-0.2, -0.15) is 0 Å². The van der Waals surface area contributed by atoms with Crippen molar-refractivity contribution in [2.75, 3.05) is 0 Å². The lowest BCUT2D eigenvalue weighted by Gasteiger charge is -2.13. The molecule has 43 valence electrons. The molecule has 0 aromatic rings. The van der Waals surface area contributed by atoms with Crippen molar-refractivity contribution in [3.8, 4) is 0 Å². The topological polar surface area (TPSA) is 0 Å². The fraction of sp³-hybridized carbons (Fsp3) is 0.800. The van der Waals surface area contributed by atoms with Crippen LogP contribution < -0.4 is 0 Å². The third-order valence-corrected chi connectivity index (χ3v) is 2.78. The first-order chi connectivity index (χ1) is 3.06. The average molecular weight is 135 g/mol. The molecule has 1 radical (unpaired) electrons. The van der Waals surface area contributed by atoms with Gasteiger partial charge in [0.1, 0.15) is 0 Å². The Kier molecular flexibility index (Phi) is 3.16. The van der Waals surface area contributed by atoms with Crippen molar-refractivity contribution in [1.82, 2.24) is 0 Å². The van der Waals surface area contributed by atoms with Crippen molar-refractivity contribution >= 4 is 21.6 Å². The molecule has 0 aromatic heterocycles. The van der Waals surface area contributed by atoms with E-state index in [2.05, 4.69) is 27.0 Å². The van der Waals surface area contributed by atoms with Gasteiger partial charge in [0.15, 0.2) is 0 Å². The van der Waals surface area contributed by atoms with E-state index in [4.69, 9.17) is 0 Å². The minimum absolute atomic E-state index is 0.367. The van der Waals surface area contributed by atoms with E-state index in [0.29, 0.717) is 4.75 Å². The molecule has 0 nitrogen and oxygen atoms in total. The highest BCUT2D eigenvalue weighted by Gasteiger charge is 2.07. The van der Waals surface area contributed by atoms with Gasteiger partial charge in [0.05, 0.1) is 0 Å². The van der Waals surface area contributed by atoms with Crippen LogP contribution in [0, 0.1) is 6.26 Å². The van der Waals surface area contributed by atoms with Gasteiger partial charge in [-0.3, -0.25) is 0 Å². The smallest absolute Gasteiger partial charge is 0.0179 e. The third-order valence-electron chi connectivity index (χ3n) is 0.309. The first-order valence-corrected chi connectivity index (χ1v) is 4.48. The minimum atomic E-state index is 0.367. The highest BCUT2D eigenvalue weighted by Crippen LogP contribution is 2.33. The van der Waals surface area contributed by atoms with Crippen LogP contribution in [0.25, 0.3) is 0 Å². The molecule has 0 saturated carbocycles. The highest BCUT2D eigenvalue weighted by atomic mass is 33.1. The van der Waals surface area contributed by atoms with Gasteiger partial charge >= 0.3 is 0 Å². The van der Waals surface area contributed by atoms with Crippen molar-refractivity contribution in [2.24, 2.45) is 0 Å². The molecule has 0 spiro atoms. The van der Waals surface area contributed by atoms with E-state index in [-0.39, 0.29) is 0 Å². The van der Waals surface area contributed by atoms with Crippen molar-refractivity contribution in [1.29, 1.82) is 0 Å². The summed E-state index contributed by atoms with van der Waals surface area (Å²) >= 11 is 0. The fourth-order valence-electron chi connectivity index (χ4n) is 0.177. The minimum Gasteiger partial charge on any atom is -0.0927 e. The summed E-state index contributed by atoms with van der Waals surface area (Å²) in [4.78, 5) is 0. The maximum absolute atomic E-state index is 3.65. The molecule has 7 heavy (non-hydrogen) atoms. The van der Waals surface area contributed by atoms with Gasteiger partial charge in [0.25, 0.3) is 0 Å². The molecule has 0 amide bonds. The molecule has 0 N–H and O–H groups in total. The summed E-state index contributed by atoms with van der Waals surface area (Å²) in [5.41, 5.74) is 0. The van der Waals surface area contributed by atoms with E-state index in [1.54, 1.807) is 21.6 Å². The van der Waals surface area contributed by atoms with Crippen LogP contribution in [-0.2, 0) is 0 Å². The Labute approximate surface area is 53.8 Å². The van der Waals surface area contributed by atoms with Gasteiger partial charge in [-0.1, -0.05) is 42.4 Å². The summed E-state index contributed by atoms with van der Waals surface area (Å²) in [5, 5.41) is 0. The molecule has 0 aromatic carbocycles. The maximum atomic E-state index is 3.65. The van der Waals surface area contributed by atoms with Crippen LogP contribution in [0.15, 0.2) is 0 Å². The number of rotatable bonds is 1. The zero-order valence-electron chi connectivity index (χ0n) is 5.02. The van der Waals surface area contributed by atoms with E-state index in [0.717, 1.165) is 0 Å². The van der Waals surface area contributed by atoms with Crippen molar-refractivity contribution in [3.63, 3.8) is 0 Å². The van der Waals surface area contributed by atoms with Crippen LogP contribution in [-0.4, -0.2) is 4.75 Å². The Morgan fingerprint density at radius 2 is 1.71 bits per heavy atom. The van der Waals surface area contributed by atoms with E-state index in [1.165, 1.54) is 0 Å². The van der Waals surface area contributed by atoms with Gasteiger partial charge < -0.3 is 0 Å². The lowest BCUT2D eigenvalue weighted by molar-refractivity contribution is 0.810. The van der Waals surface area contributed by atoms with Crippen LogP contribution in [0.1, 0.15) is 20.8 Å². The molecule has 0 heterocycles. The first-order valence-electron chi connectivity index (χ1n) is 2.16. The van der Waals surface area contributed by atoms with Gasteiger partial charge in [0.2, 0.25) is 0 Å². The second-order valence-electron chi connectivity index (χ2n) is 2.31. The summed E-state index contributed by atoms with van der Waals surface area (Å²) in [5.74, 6) is 0. The predicted octanol–water partition coefficient (Wildman–Crippen LogP) is 2.96. The fourth-order valence-corrected chi connectivity index (χ4v) is 1.59. The largest absolute Gasteiger partial charge is 0.0927 e. The van der Waals surface area contributed by atoms with E-state index < -0.39 is 0 Å². The predicted molar refractivity (Wildman–Crippen MR) is 40.3 cm³/mol. The zero-order valence-corrected chi connectivity index (χ0v) is 6.66. The highest BCUT2D eigenvalue weighted by molar-refractivity contribution is 8.77. The molecule has 0 fully saturated rings. The summed E-state index contributed by atoms with van der Waals surface area (Å²) in [6.07, 6.45) is 3.65. The molecule has 2 heteroatoms. The maximum Gasteiger partial charge on any atom is 0.0179 e. The van der Waals surface area contributed by atoms with Crippen molar-refractivity contribution in [2.45, 2.75) is 25.5 Å². The van der Waals surface area contributed by atoms with Crippen LogP contribution >= 0.6 is 21.6 Å². The molecular weight excluding hydrogens is 124 g/mol. The summed E-state index contributed by atoms with van der Waals surface area (Å²) in [7, 11) is 3.37. The molecule has 0 unspecified atom stereocenters.